The van der Waals surface area contributed by atoms with E-state index >= 15 is 0 Å². The summed E-state index contributed by atoms with van der Waals surface area (Å²) < 4.78 is 0.703. The number of aryl methyl sites for hydroxylation is 1. The van der Waals surface area contributed by atoms with E-state index in [1.165, 1.54) is 0 Å². The average molecular weight is 244 g/mol. The fourth-order valence-electron chi connectivity index (χ4n) is 0.815. The van der Waals surface area contributed by atoms with Crippen LogP contribution in [0.4, 0.5) is 0 Å². The Morgan fingerprint density at radius 2 is 2.54 bits per heavy atom. The van der Waals surface area contributed by atoms with Gasteiger partial charge in [0.2, 0.25) is 0 Å². The molecule has 5 heteroatoms. The Bertz CT molecular complexity index is 332. The molecule has 1 aromatic heterocycles. The van der Waals surface area contributed by atoms with Gasteiger partial charge in [-0.25, -0.2) is 0 Å². The molecule has 0 spiro atoms. The first kappa shape index (κ1) is 9.98. The Morgan fingerprint density at radius 3 is 3.00 bits per heavy atom. The van der Waals surface area contributed by atoms with Crippen LogP contribution >= 0.6 is 15.9 Å². The van der Waals surface area contributed by atoms with Gasteiger partial charge in [-0.05, 0) is 22.9 Å². The van der Waals surface area contributed by atoms with Crippen molar-refractivity contribution in [3.63, 3.8) is 0 Å². The summed E-state index contributed by atoms with van der Waals surface area (Å²) in [6, 6.07) is 0. The molecular weight excluding hydrogens is 234 g/mol. The molecule has 0 saturated heterocycles. The number of amides is 1. The summed E-state index contributed by atoms with van der Waals surface area (Å²) in [5.74, 6) is -0.212. The highest BCUT2D eigenvalue weighted by atomic mass is 79.9. The van der Waals surface area contributed by atoms with Crippen LogP contribution < -0.4 is 5.32 Å². The Kier molecular flexibility index (Phi) is 3.25. The van der Waals surface area contributed by atoms with Crippen LogP contribution in [0.1, 0.15) is 16.2 Å². The number of hydrogen-bond acceptors (Lipinski definition) is 2. The standard InChI is InChI=1S/C8H10BrN3O/c1-3-4-10-8(13)7-6(9)5(2)11-12-7/h3H,1,4H2,2H3,(H,10,13)(H,11,12). The van der Waals surface area contributed by atoms with Crippen LogP contribution in [0.25, 0.3) is 0 Å². The van der Waals surface area contributed by atoms with Crippen LogP contribution in [0, 0.1) is 6.92 Å². The number of carbonyl (C=O) groups is 1. The van der Waals surface area contributed by atoms with Gasteiger partial charge >= 0.3 is 0 Å². The summed E-state index contributed by atoms with van der Waals surface area (Å²) in [7, 11) is 0. The van der Waals surface area contributed by atoms with Gasteiger partial charge in [-0.2, -0.15) is 5.10 Å². The van der Waals surface area contributed by atoms with Gasteiger partial charge in [0.15, 0.2) is 5.69 Å². The third-order valence-corrected chi connectivity index (χ3v) is 2.46. The van der Waals surface area contributed by atoms with E-state index in [0.717, 1.165) is 5.69 Å². The monoisotopic (exact) mass is 243 g/mol. The largest absolute Gasteiger partial charge is 0.347 e. The number of aromatic nitrogens is 2. The number of carbonyl (C=O) groups excluding carboxylic acids is 1. The van der Waals surface area contributed by atoms with Gasteiger partial charge in [0.1, 0.15) is 0 Å². The van der Waals surface area contributed by atoms with E-state index in [2.05, 4.69) is 38.0 Å². The van der Waals surface area contributed by atoms with E-state index in [0.29, 0.717) is 16.7 Å². The van der Waals surface area contributed by atoms with Crippen molar-refractivity contribution in [1.29, 1.82) is 0 Å². The van der Waals surface area contributed by atoms with E-state index in [1.807, 2.05) is 6.92 Å². The van der Waals surface area contributed by atoms with Crippen molar-refractivity contribution in [2.75, 3.05) is 6.54 Å². The normalized spacial score (nSPS) is 9.69. The molecule has 2 N–H and O–H groups in total. The molecule has 13 heavy (non-hydrogen) atoms. The predicted molar refractivity (Wildman–Crippen MR) is 53.6 cm³/mol. The first-order valence-corrected chi connectivity index (χ1v) is 4.55. The second-order valence-corrected chi connectivity index (χ2v) is 3.30. The number of hydrogen-bond donors (Lipinski definition) is 2. The quantitative estimate of drug-likeness (QED) is 0.789. The molecule has 0 aliphatic carbocycles. The van der Waals surface area contributed by atoms with Crippen LogP contribution in [-0.2, 0) is 0 Å². The summed E-state index contributed by atoms with van der Waals surface area (Å²) in [6.07, 6.45) is 1.62. The summed E-state index contributed by atoms with van der Waals surface area (Å²) in [6.45, 7) is 5.78. The van der Waals surface area contributed by atoms with Gasteiger partial charge in [-0.3, -0.25) is 9.89 Å². The summed E-state index contributed by atoms with van der Waals surface area (Å²) in [5, 5.41) is 9.19. The zero-order valence-corrected chi connectivity index (χ0v) is 8.81. The SMILES string of the molecule is C=CCNC(=O)c1n[nH]c(C)c1Br. The van der Waals surface area contributed by atoms with Gasteiger partial charge in [0.05, 0.1) is 4.47 Å². The maximum absolute atomic E-state index is 11.4. The van der Waals surface area contributed by atoms with E-state index < -0.39 is 0 Å². The summed E-state index contributed by atoms with van der Waals surface area (Å²) in [4.78, 5) is 11.4. The molecule has 1 aromatic rings. The number of nitrogens with zero attached hydrogens (tertiary/aromatic N) is 1. The lowest BCUT2D eigenvalue weighted by molar-refractivity contribution is 0.0952. The summed E-state index contributed by atoms with van der Waals surface area (Å²) in [5.41, 5.74) is 1.21. The lowest BCUT2D eigenvalue weighted by Crippen LogP contribution is -2.23. The van der Waals surface area contributed by atoms with Gasteiger partial charge in [0.25, 0.3) is 5.91 Å². The lowest BCUT2D eigenvalue weighted by atomic mass is 10.3. The molecule has 0 radical (unpaired) electrons. The molecule has 4 nitrogen and oxygen atoms in total. The van der Waals surface area contributed by atoms with Gasteiger partial charge in [-0.1, -0.05) is 6.08 Å². The van der Waals surface area contributed by atoms with Crippen molar-refractivity contribution in [1.82, 2.24) is 15.5 Å². The minimum Gasteiger partial charge on any atom is -0.347 e. The molecule has 1 rings (SSSR count). The third kappa shape index (κ3) is 2.18. The highest BCUT2D eigenvalue weighted by molar-refractivity contribution is 9.10. The minimum absolute atomic E-state index is 0.212. The zero-order chi connectivity index (χ0) is 9.84. The van der Waals surface area contributed by atoms with Gasteiger partial charge in [-0.15, -0.1) is 6.58 Å². The third-order valence-electron chi connectivity index (χ3n) is 1.49. The molecule has 0 aliphatic rings. The van der Waals surface area contributed by atoms with Crippen molar-refractivity contribution < 1.29 is 4.79 Å². The Morgan fingerprint density at radius 1 is 1.85 bits per heavy atom. The number of nitrogens with one attached hydrogen (secondary N) is 2. The Hall–Kier alpha value is -1.10. The first-order valence-electron chi connectivity index (χ1n) is 3.76. The van der Waals surface area contributed by atoms with Crippen LogP contribution in [0.5, 0.6) is 0 Å². The maximum Gasteiger partial charge on any atom is 0.273 e. The molecular formula is C8H10BrN3O. The second-order valence-electron chi connectivity index (χ2n) is 2.51. The molecule has 70 valence electrons. The lowest BCUT2D eigenvalue weighted by Gasteiger charge is -1.98. The Labute approximate surface area is 84.5 Å². The van der Waals surface area contributed by atoms with Crippen molar-refractivity contribution in [3.05, 3.63) is 28.5 Å². The average Bonchev–Trinajstić information content (AvgIpc) is 2.44. The topological polar surface area (TPSA) is 57.8 Å². The fraction of sp³-hybridized carbons (Fsp3) is 0.250. The van der Waals surface area contributed by atoms with Crippen molar-refractivity contribution in [3.8, 4) is 0 Å². The fourth-order valence-corrected chi connectivity index (χ4v) is 1.17. The first-order chi connectivity index (χ1) is 6.16. The molecule has 0 fully saturated rings. The minimum atomic E-state index is -0.212. The van der Waals surface area contributed by atoms with Crippen molar-refractivity contribution >= 4 is 21.8 Å². The second kappa shape index (κ2) is 4.23. The molecule has 0 bridgehead atoms. The highest BCUT2D eigenvalue weighted by Gasteiger charge is 2.14. The smallest absolute Gasteiger partial charge is 0.273 e. The Balaban J connectivity index is 2.77. The van der Waals surface area contributed by atoms with Crippen LogP contribution in [0.15, 0.2) is 17.1 Å². The predicted octanol–water partition coefficient (Wildman–Crippen LogP) is 1.40. The molecule has 1 heterocycles. The molecule has 1 amide bonds. The highest BCUT2D eigenvalue weighted by Crippen LogP contribution is 2.17. The molecule has 0 aromatic carbocycles. The maximum atomic E-state index is 11.4. The molecule has 0 unspecified atom stereocenters. The summed E-state index contributed by atoms with van der Waals surface area (Å²) >= 11 is 3.26. The van der Waals surface area contributed by atoms with E-state index in [4.69, 9.17) is 0 Å². The van der Waals surface area contributed by atoms with Crippen molar-refractivity contribution in [2.24, 2.45) is 0 Å². The van der Waals surface area contributed by atoms with Crippen molar-refractivity contribution in [2.45, 2.75) is 6.92 Å². The van der Waals surface area contributed by atoms with E-state index in [1.54, 1.807) is 6.08 Å². The number of aromatic amines is 1. The van der Waals surface area contributed by atoms with Gasteiger partial charge in [0, 0.05) is 12.2 Å². The number of halogens is 1. The molecule has 0 saturated carbocycles. The van der Waals surface area contributed by atoms with E-state index in [9.17, 15) is 4.79 Å². The number of rotatable bonds is 3. The van der Waals surface area contributed by atoms with Crippen LogP contribution in [0.2, 0.25) is 0 Å². The molecule has 0 aliphatic heterocycles. The molecule has 0 atom stereocenters. The zero-order valence-electron chi connectivity index (χ0n) is 7.22. The van der Waals surface area contributed by atoms with E-state index in [-0.39, 0.29) is 5.91 Å². The number of H-pyrrole nitrogens is 1. The van der Waals surface area contributed by atoms with Crippen LogP contribution in [0.3, 0.4) is 0 Å². The van der Waals surface area contributed by atoms with Gasteiger partial charge < -0.3 is 5.32 Å². The van der Waals surface area contributed by atoms with Crippen LogP contribution in [-0.4, -0.2) is 22.6 Å².